The number of nitrogens with zero attached hydrogens (tertiary/aromatic N) is 4. The van der Waals surface area contributed by atoms with E-state index < -0.39 is 6.04 Å². The molecule has 5 rings (SSSR count). The third-order valence-electron chi connectivity index (χ3n) is 5.59. The predicted molar refractivity (Wildman–Crippen MR) is 105 cm³/mol. The fourth-order valence-electron chi connectivity index (χ4n) is 3.99. The molecule has 0 aliphatic carbocycles. The van der Waals surface area contributed by atoms with Crippen molar-refractivity contribution < 1.29 is 9.53 Å². The van der Waals surface area contributed by atoms with E-state index in [9.17, 15) is 4.79 Å². The normalized spacial score (nSPS) is 20.2. The highest BCUT2D eigenvalue weighted by molar-refractivity contribution is 6.03. The van der Waals surface area contributed by atoms with E-state index in [1.807, 2.05) is 18.3 Å². The summed E-state index contributed by atoms with van der Waals surface area (Å²) in [5.74, 6) is 1.80. The molecule has 28 heavy (non-hydrogen) atoms. The molecule has 1 fully saturated rings. The van der Waals surface area contributed by atoms with Crippen molar-refractivity contribution in [2.75, 3.05) is 30.0 Å². The van der Waals surface area contributed by atoms with Crippen LogP contribution in [-0.2, 0) is 9.53 Å². The zero-order chi connectivity index (χ0) is 18.9. The third-order valence-corrected chi connectivity index (χ3v) is 5.59. The molecule has 1 amide bonds. The first-order valence-electron chi connectivity index (χ1n) is 9.69. The molecule has 0 aromatic carbocycles. The zero-order valence-electron chi connectivity index (χ0n) is 15.5. The van der Waals surface area contributed by atoms with Crippen LogP contribution in [0.1, 0.15) is 30.9 Å². The summed E-state index contributed by atoms with van der Waals surface area (Å²) in [4.78, 5) is 31.5. The number of H-pyrrole nitrogens is 1. The summed E-state index contributed by atoms with van der Waals surface area (Å²) in [6, 6.07) is 3.42. The van der Waals surface area contributed by atoms with E-state index in [-0.39, 0.29) is 5.91 Å². The van der Waals surface area contributed by atoms with Crippen LogP contribution in [0.4, 0.5) is 11.6 Å². The average Bonchev–Trinajstić information content (AvgIpc) is 3.21. The molecule has 5 heterocycles. The van der Waals surface area contributed by atoms with Crippen LogP contribution in [0.3, 0.4) is 0 Å². The van der Waals surface area contributed by atoms with Gasteiger partial charge in [0.1, 0.15) is 11.7 Å². The number of pyridine rings is 1. The number of fused-ring (bicyclic) bond motifs is 2. The molecule has 2 aliphatic heterocycles. The maximum atomic E-state index is 13.4. The molecule has 8 nitrogen and oxygen atoms in total. The Morgan fingerprint density at radius 2 is 2.04 bits per heavy atom. The summed E-state index contributed by atoms with van der Waals surface area (Å²) >= 11 is 0. The van der Waals surface area contributed by atoms with Crippen molar-refractivity contribution in [3.8, 4) is 0 Å². The number of hydrogen-bond donors (Lipinski definition) is 2. The van der Waals surface area contributed by atoms with Crippen molar-refractivity contribution in [1.29, 1.82) is 0 Å². The van der Waals surface area contributed by atoms with E-state index in [1.54, 1.807) is 23.5 Å². The maximum Gasteiger partial charge on any atom is 0.255 e. The number of rotatable bonds is 4. The molecule has 0 saturated carbocycles. The summed E-state index contributed by atoms with van der Waals surface area (Å²) in [6.07, 6.45) is 9.89. The largest absolute Gasteiger partial charge is 0.381 e. The van der Waals surface area contributed by atoms with Crippen molar-refractivity contribution in [2.45, 2.75) is 25.3 Å². The fourth-order valence-corrected chi connectivity index (χ4v) is 3.99. The molecule has 1 unspecified atom stereocenters. The second-order valence-electron chi connectivity index (χ2n) is 7.32. The molecule has 0 radical (unpaired) electrons. The molecule has 0 bridgehead atoms. The van der Waals surface area contributed by atoms with Crippen LogP contribution in [0.15, 0.2) is 36.9 Å². The highest BCUT2D eigenvalue weighted by Crippen LogP contribution is 2.34. The Kier molecular flexibility index (Phi) is 4.40. The average molecular weight is 378 g/mol. The number of hydrogen-bond acceptors (Lipinski definition) is 6. The number of carbonyl (C=O) groups is 1. The molecular formula is C20H22N6O2. The Morgan fingerprint density at radius 3 is 2.93 bits per heavy atom. The van der Waals surface area contributed by atoms with E-state index in [0.29, 0.717) is 24.1 Å². The highest BCUT2D eigenvalue weighted by Gasteiger charge is 2.35. The number of aromatic nitrogens is 4. The standard InChI is InChI=1S/C20H22N6O2/c27-20-16(15-11-14-1-5-21-17(14)24-12-15)25-18-19(23-7-6-22-18)26(20)8-2-13-3-9-28-10-4-13/h1,5-7,11-13,16H,2-4,8-10H2,(H,21,24)(H,22,25). The smallest absolute Gasteiger partial charge is 0.255 e. The van der Waals surface area contributed by atoms with Gasteiger partial charge in [-0.05, 0) is 37.3 Å². The lowest BCUT2D eigenvalue weighted by molar-refractivity contribution is -0.119. The van der Waals surface area contributed by atoms with Gasteiger partial charge in [0.2, 0.25) is 0 Å². The van der Waals surface area contributed by atoms with Gasteiger partial charge in [0, 0.05) is 55.5 Å². The van der Waals surface area contributed by atoms with Crippen molar-refractivity contribution in [3.63, 3.8) is 0 Å². The molecule has 2 N–H and O–H groups in total. The first kappa shape index (κ1) is 17.1. The zero-order valence-corrected chi connectivity index (χ0v) is 15.5. The van der Waals surface area contributed by atoms with E-state index in [2.05, 4.69) is 25.3 Å². The number of ether oxygens (including phenoxy) is 1. The molecule has 3 aromatic rings. The van der Waals surface area contributed by atoms with Gasteiger partial charge in [-0.3, -0.25) is 9.69 Å². The second-order valence-corrected chi connectivity index (χ2v) is 7.32. The Balaban J connectivity index is 1.44. The van der Waals surface area contributed by atoms with Gasteiger partial charge in [-0.1, -0.05) is 0 Å². The highest BCUT2D eigenvalue weighted by atomic mass is 16.5. The molecule has 8 heteroatoms. The van der Waals surface area contributed by atoms with Gasteiger partial charge < -0.3 is 15.0 Å². The van der Waals surface area contributed by atoms with Crippen LogP contribution in [0.5, 0.6) is 0 Å². The quantitative estimate of drug-likeness (QED) is 0.725. The van der Waals surface area contributed by atoms with E-state index in [1.165, 1.54) is 0 Å². The van der Waals surface area contributed by atoms with Crippen LogP contribution < -0.4 is 10.2 Å². The lowest BCUT2D eigenvalue weighted by atomic mass is 9.96. The van der Waals surface area contributed by atoms with Gasteiger partial charge >= 0.3 is 0 Å². The summed E-state index contributed by atoms with van der Waals surface area (Å²) in [7, 11) is 0. The monoisotopic (exact) mass is 378 g/mol. The van der Waals surface area contributed by atoms with Crippen LogP contribution in [-0.4, -0.2) is 45.6 Å². The minimum absolute atomic E-state index is 0.0169. The molecule has 2 aliphatic rings. The second kappa shape index (κ2) is 7.20. The Morgan fingerprint density at radius 1 is 1.18 bits per heavy atom. The van der Waals surface area contributed by atoms with E-state index in [4.69, 9.17) is 4.74 Å². The van der Waals surface area contributed by atoms with Gasteiger partial charge in [0.25, 0.3) is 5.91 Å². The van der Waals surface area contributed by atoms with E-state index in [0.717, 1.165) is 49.1 Å². The van der Waals surface area contributed by atoms with Gasteiger partial charge in [0.05, 0.1) is 0 Å². The predicted octanol–water partition coefficient (Wildman–Crippen LogP) is 2.67. The SMILES string of the molecule is O=C1C(c2cnc3[nH]ccc3c2)Nc2nccnc2N1CCC1CCOCC1. The lowest BCUT2D eigenvalue weighted by Gasteiger charge is -2.34. The summed E-state index contributed by atoms with van der Waals surface area (Å²) < 4.78 is 5.45. The Bertz CT molecular complexity index is 997. The summed E-state index contributed by atoms with van der Waals surface area (Å²) in [5.41, 5.74) is 1.63. The Hall–Kier alpha value is -3.00. The van der Waals surface area contributed by atoms with Crippen molar-refractivity contribution in [2.24, 2.45) is 5.92 Å². The third kappa shape index (κ3) is 3.09. The minimum Gasteiger partial charge on any atom is -0.381 e. The number of anilines is 2. The summed E-state index contributed by atoms with van der Waals surface area (Å²) in [5, 5.41) is 4.23. The molecule has 3 aromatic heterocycles. The van der Waals surface area contributed by atoms with Gasteiger partial charge in [-0.25, -0.2) is 15.0 Å². The molecular weight excluding hydrogens is 356 g/mol. The first-order valence-corrected chi connectivity index (χ1v) is 9.69. The maximum absolute atomic E-state index is 13.4. The van der Waals surface area contributed by atoms with Crippen LogP contribution in [0, 0.1) is 5.92 Å². The van der Waals surface area contributed by atoms with Crippen LogP contribution in [0.2, 0.25) is 0 Å². The Labute approximate surface area is 162 Å². The molecule has 144 valence electrons. The lowest BCUT2D eigenvalue weighted by Crippen LogP contribution is -2.44. The van der Waals surface area contributed by atoms with Crippen LogP contribution in [0.25, 0.3) is 11.0 Å². The van der Waals surface area contributed by atoms with Crippen molar-refractivity contribution in [1.82, 2.24) is 19.9 Å². The number of carbonyl (C=O) groups excluding carboxylic acids is 1. The van der Waals surface area contributed by atoms with Crippen molar-refractivity contribution >= 4 is 28.6 Å². The molecule has 1 saturated heterocycles. The molecule has 0 spiro atoms. The van der Waals surface area contributed by atoms with Gasteiger partial charge in [-0.15, -0.1) is 0 Å². The first-order chi connectivity index (χ1) is 13.8. The van der Waals surface area contributed by atoms with Crippen LogP contribution >= 0.6 is 0 Å². The number of aromatic amines is 1. The topological polar surface area (TPSA) is 96.0 Å². The fraction of sp³-hybridized carbons (Fsp3) is 0.400. The number of amides is 1. The van der Waals surface area contributed by atoms with Gasteiger partial charge in [-0.2, -0.15) is 0 Å². The summed E-state index contributed by atoms with van der Waals surface area (Å²) in [6.45, 7) is 2.25. The van der Waals surface area contributed by atoms with Crippen molar-refractivity contribution in [3.05, 3.63) is 42.5 Å². The van der Waals surface area contributed by atoms with Gasteiger partial charge in [0.15, 0.2) is 11.6 Å². The van der Waals surface area contributed by atoms with E-state index >= 15 is 0 Å². The number of nitrogens with one attached hydrogen (secondary N) is 2. The molecule has 1 atom stereocenters. The minimum atomic E-state index is -0.523.